The molecule has 8 nitrogen and oxygen atoms in total. The van der Waals surface area contributed by atoms with Crippen LogP contribution in [0.15, 0.2) is 28.7 Å². The Bertz CT molecular complexity index is 1030. The number of hydrogen-bond acceptors (Lipinski definition) is 5. The van der Waals surface area contributed by atoms with E-state index in [0.29, 0.717) is 25.2 Å². The van der Waals surface area contributed by atoms with Crippen molar-refractivity contribution in [3.63, 3.8) is 0 Å². The van der Waals surface area contributed by atoms with Crippen molar-refractivity contribution in [2.75, 3.05) is 6.54 Å². The predicted molar refractivity (Wildman–Crippen MR) is 99.7 cm³/mol. The van der Waals surface area contributed by atoms with Crippen molar-refractivity contribution < 1.29 is 13.6 Å². The molecule has 0 fully saturated rings. The van der Waals surface area contributed by atoms with Gasteiger partial charge in [0.05, 0.1) is 12.1 Å². The number of carbonyl (C=O) groups excluding carboxylic acids is 1. The maximum atomic E-state index is 14.0. The number of benzene rings is 1. The zero-order valence-electron chi connectivity index (χ0n) is 15.9. The van der Waals surface area contributed by atoms with E-state index in [9.17, 15) is 9.18 Å². The molecule has 0 atom stereocenters. The fourth-order valence-electron chi connectivity index (χ4n) is 3.34. The van der Waals surface area contributed by atoms with Crippen molar-refractivity contribution in [3.8, 4) is 23.0 Å². The minimum absolute atomic E-state index is 0.0570. The van der Waals surface area contributed by atoms with E-state index in [2.05, 4.69) is 20.6 Å². The van der Waals surface area contributed by atoms with Crippen LogP contribution in [0.4, 0.5) is 9.18 Å². The number of fused-ring (bicyclic) bond motifs is 1. The molecule has 3 aromatic rings. The van der Waals surface area contributed by atoms with Gasteiger partial charge < -0.3 is 14.6 Å². The Hall–Kier alpha value is -3.23. The van der Waals surface area contributed by atoms with Gasteiger partial charge >= 0.3 is 6.03 Å². The number of nitrogens with one attached hydrogen (secondary N) is 1. The molecule has 0 saturated carbocycles. The highest BCUT2D eigenvalue weighted by Gasteiger charge is 2.29. The van der Waals surface area contributed by atoms with Crippen molar-refractivity contribution in [1.82, 2.24) is 30.2 Å². The molecule has 1 aliphatic rings. The molecule has 1 aliphatic heterocycles. The van der Waals surface area contributed by atoms with E-state index < -0.39 is 5.82 Å². The first kappa shape index (κ1) is 18.1. The molecule has 0 unspecified atom stereocenters. The van der Waals surface area contributed by atoms with Gasteiger partial charge in [-0.1, -0.05) is 12.1 Å². The second-order valence-corrected chi connectivity index (χ2v) is 7.07. The Morgan fingerprint density at radius 3 is 2.75 bits per heavy atom. The number of aryl methyl sites for hydroxylation is 1. The van der Waals surface area contributed by atoms with Crippen LogP contribution in [-0.4, -0.2) is 43.5 Å². The fourth-order valence-corrected chi connectivity index (χ4v) is 3.34. The zero-order valence-corrected chi connectivity index (χ0v) is 15.9. The number of nitrogens with zero attached hydrogens (tertiary/aromatic N) is 5. The summed E-state index contributed by atoms with van der Waals surface area (Å²) in [6.45, 7) is 4.85. The van der Waals surface area contributed by atoms with Crippen LogP contribution in [0.5, 0.6) is 0 Å². The van der Waals surface area contributed by atoms with E-state index in [-0.39, 0.29) is 29.4 Å². The average molecular weight is 384 g/mol. The third-order valence-corrected chi connectivity index (χ3v) is 4.67. The molecule has 2 amide bonds. The Morgan fingerprint density at radius 1 is 1.25 bits per heavy atom. The zero-order chi connectivity index (χ0) is 19.8. The van der Waals surface area contributed by atoms with E-state index in [4.69, 9.17) is 4.42 Å². The van der Waals surface area contributed by atoms with Gasteiger partial charge in [0.1, 0.15) is 5.82 Å². The van der Waals surface area contributed by atoms with E-state index in [1.54, 1.807) is 27.8 Å². The summed E-state index contributed by atoms with van der Waals surface area (Å²) in [5.74, 6) is -0.128. The molecule has 0 bridgehead atoms. The van der Waals surface area contributed by atoms with Crippen LogP contribution in [0.2, 0.25) is 0 Å². The molecule has 0 saturated heterocycles. The van der Waals surface area contributed by atoms with E-state index >= 15 is 0 Å². The van der Waals surface area contributed by atoms with Crippen molar-refractivity contribution in [2.45, 2.75) is 32.9 Å². The Labute approximate surface area is 161 Å². The highest BCUT2D eigenvalue weighted by molar-refractivity contribution is 5.75. The van der Waals surface area contributed by atoms with Crippen molar-refractivity contribution >= 4 is 6.03 Å². The molecule has 2 aromatic heterocycles. The standard InChI is InChI=1S/C19H21FN6O2/c1-11(2)21-19(27)26-9-8-15-13(10-26)16(24-25(15)3)18-23-22-17(28-18)12-6-4-5-7-14(12)20/h4-7,11H,8-10H2,1-3H3,(H,21,27). The number of hydrogen-bond donors (Lipinski definition) is 1. The van der Waals surface area contributed by atoms with Gasteiger partial charge in [-0.3, -0.25) is 4.68 Å². The summed E-state index contributed by atoms with van der Waals surface area (Å²) in [4.78, 5) is 14.1. The van der Waals surface area contributed by atoms with Crippen LogP contribution >= 0.6 is 0 Å². The molecule has 0 radical (unpaired) electrons. The lowest BCUT2D eigenvalue weighted by Crippen LogP contribution is -2.45. The van der Waals surface area contributed by atoms with E-state index in [0.717, 1.165) is 11.3 Å². The average Bonchev–Trinajstić information content (AvgIpc) is 3.26. The lowest BCUT2D eigenvalue weighted by molar-refractivity contribution is 0.189. The predicted octanol–water partition coefficient (Wildman–Crippen LogP) is 2.75. The van der Waals surface area contributed by atoms with Gasteiger partial charge in [0, 0.05) is 37.3 Å². The van der Waals surface area contributed by atoms with Crippen LogP contribution < -0.4 is 5.32 Å². The van der Waals surface area contributed by atoms with Gasteiger partial charge in [-0.2, -0.15) is 5.10 Å². The molecule has 146 valence electrons. The van der Waals surface area contributed by atoms with Crippen molar-refractivity contribution in [3.05, 3.63) is 41.3 Å². The summed E-state index contributed by atoms with van der Waals surface area (Å²) >= 11 is 0. The molecule has 3 heterocycles. The summed E-state index contributed by atoms with van der Waals surface area (Å²) in [5, 5.41) is 15.5. The fraction of sp³-hybridized carbons (Fsp3) is 0.368. The smallest absolute Gasteiger partial charge is 0.317 e. The minimum Gasteiger partial charge on any atom is -0.414 e. The summed E-state index contributed by atoms with van der Waals surface area (Å²) in [6.07, 6.45) is 0.679. The maximum Gasteiger partial charge on any atom is 0.317 e. The molecule has 9 heteroatoms. The number of aromatic nitrogens is 4. The normalized spacial score (nSPS) is 13.7. The molecule has 1 N–H and O–H groups in total. The van der Waals surface area contributed by atoms with Gasteiger partial charge in [0.2, 0.25) is 0 Å². The lowest BCUT2D eigenvalue weighted by Gasteiger charge is -2.28. The molecule has 1 aromatic carbocycles. The first-order chi connectivity index (χ1) is 13.4. The maximum absolute atomic E-state index is 14.0. The topological polar surface area (TPSA) is 89.1 Å². The lowest BCUT2D eigenvalue weighted by atomic mass is 10.1. The highest BCUT2D eigenvalue weighted by Crippen LogP contribution is 2.31. The summed E-state index contributed by atoms with van der Waals surface area (Å²) < 4.78 is 21.5. The number of carbonyl (C=O) groups is 1. The summed E-state index contributed by atoms with van der Waals surface area (Å²) in [5.41, 5.74) is 2.66. The SMILES string of the molecule is CC(C)NC(=O)N1CCc2c(c(-c3nnc(-c4ccccc4F)o3)nn2C)C1. The summed E-state index contributed by atoms with van der Waals surface area (Å²) in [6, 6.07) is 6.17. The first-order valence-electron chi connectivity index (χ1n) is 9.13. The van der Waals surface area contributed by atoms with Gasteiger partial charge in [-0.25, -0.2) is 9.18 Å². The first-order valence-corrected chi connectivity index (χ1v) is 9.13. The van der Waals surface area contributed by atoms with Crippen molar-refractivity contribution in [2.24, 2.45) is 7.05 Å². The van der Waals surface area contributed by atoms with Crippen LogP contribution in [0, 0.1) is 5.82 Å². The molecule has 4 rings (SSSR count). The van der Waals surface area contributed by atoms with Gasteiger partial charge in [-0.05, 0) is 26.0 Å². The Kier molecular flexibility index (Phi) is 4.58. The van der Waals surface area contributed by atoms with Gasteiger partial charge in [-0.15, -0.1) is 10.2 Å². The number of urea groups is 1. The second-order valence-electron chi connectivity index (χ2n) is 7.07. The Morgan fingerprint density at radius 2 is 2.00 bits per heavy atom. The molecular weight excluding hydrogens is 363 g/mol. The van der Waals surface area contributed by atoms with Crippen molar-refractivity contribution in [1.29, 1.82) is 0 Å². The quantitative estimate of drug-likeness (QED) is 0.750. The molecule has 0 spiro atoms. The number of halogens is 1. The van der Waals surface area contributed by atoms with Crippen LogP contribution in [0.25, 0.3) is 23.0 Å². The van der Waals surface area contributed by atoms with Crippen LogP contribution in [-0.2, 0) is 20.0 Å². The van der Waals surface area contributed by atoms with E-state index in [1.807, 2.05) is 20.9 Å². The highest BCUT2D eigenvalue weighted by atomic mass is 19.1. The summed E-state index contributed by atoms with van der Waals surface area (Å²) in [7, 11) is 1.85. The second kappa shape index (κ2) is 7.06. The van der Waals surface area contributed by atoms with Crippen LogP contribution in [0.3, 0.4) is 0 Å². The minimum atomic E-state index is -0.433. The molecule has 0 aliphatic carbocycles. The monoisotopic (exact) mass is 384 g/mol. The molecule has 28 heavy (non-hydrogen) atoms. The Balaban J connectivity index is 1.66. The number of rotatable bonds is 3. The number of amides is 2. The van der Waals surface area contributed by atoms with Crippen LogP contribution in [0.1, 0.15) is 25.1 Å². The third-order valence-electron chi connectivity index (χ3n) is 4.67. The van der Waals surface area contributed by atoms with Gasteiger partial charge in [0.25, 0.3) is 11.8 Å². The van der Waals surface area contributed by atoms with Gasteiger partial charge in [0.15, 0.2) is 5.69 Å². The third kappa shape index (κ3) is 3.23. The van der Waals surface area contributed by atoms with E-state index in [1.165, 1.54) is 6.07 Å². The molecular formula is C19H21FN6O2. The largest absolute Gasteiger partial charge is 0.414 e.